The van der Waals surface area contributed by atoms with Crippen molar-refractivity contribution in [1.29, 1.82) is 0 Å². The van der Waals surface area contributed by atoms with Gasteiger partial charge in [-0.1, -0.05) is 19.9 Å². The Morgan fingerprint density at radius 2 is 1.86 bits per heavy atom. The van der Waals surface area contributed by atoms with Gasteiger partial charge in [-0.05, 0) is 70.7 Å². The van der Waals surface area contributed by atoms with Crippen LogP contribution in [0, 0.1) is 11.8 Å². The minimum absolute atomic E-state index is 0.161. The van der Waals surface area contributed by atoms with Gasteiger partial charge in [-0.3, -0.25) is 0 Å². The summed E-state index contributed by atoms with van der Waals surface area (Å²) in [6.07, 6.45) is 6.78. The van der Waals surface area contributed by atoms with Crippen LogP contribution in [0.15, 0.2) is 11.5 Å². The van der Waals surface area contributed by atoms with E-state index in [0.717, 1.165) is 19.3 Å². The second-order valence-electron chi connectivity index (χ2n) is 7.83. The average Bonchev–Trinajstić information content (AvgIpc) is 2.66. The molecule has 1 saturated heterocycles. The Morgan fingerprint density at radius 3 is 2.29 bits per heavy atom. The second-order valence-corrected chi connectivity index (χ2v) is 7.83. The molecule has 3 unspecified atom stereocenters. The largest absolute Gasteiger partial charge is 0.490 e. The minimum atomic E-state index is -0.243. The topological polar surface area (TPSA) is 44.5 Å². The normalized spacial score (nSPS) is 30.9. The first kappa shape index (κ1) is 17.0. The van der Waals surface area contributed by atoms with Crippen LogP contribution in [0.2, 0.25) is 0 Å². The molecule has 0 aromatic heterocycles. The van der Waals surface area contributed by atoms with Crippen molar-refractivity contribution in [3.63, 3.8) is 0 Å². The van der Waals surface area contributed by atoms with Crippen molar-refractivity contribution < 1.29 is 9.31 Å². The summed E-state index contributed by atoms with van der Waals surface area (Å²) in [4.78, 5) is 0. The van der Waals surface area contributed by atoms with Crippen molar-refractivity contribution in [1.82, 2.24) is 0 Å². The van der Waals surface area contributed by atoms with Gasteiger partial charge >= 0.3 is 7.12 Å². The summed E-state index contributed by atoms with van der Waals surface area (Å²) in [5, 5.41) is 0. The SMILES string of the molecule is CCC(N)C(C)C1CC=C(B2OC(C)(C)C(C)(C)O2)CC1. The lowest BCUT2D eigenvalue weighted by atomic mass is 9.68. The third-order valence-corrected chi connectivity index (χ3v) is 5.93. The molecule has 21 heavy (non-hydrogen) atoms. The molecule has 3 nitrogen and oxygen atoms in total. The van der Waals surface area contributed by atoms with Gasteiger partial charge in [-0.15, -0.1) is 0 Å². The van der Waals surface area contributed by atoms with Gasteiger partial charge in [0.15, 0.2) is 0 Å². The Hall–Kier alpha value is -0.315. The zero-order chi connectivity index (χ0) is 15.8. The summed E-state index contributed by atoms with van der Waals surface area (Å²) in [7, 11) is -0.161. The van der Waals surface area contributed by atoms with Gasteiger partial charge in [-0.25, -0.2) is 0 Å². The third-order valence-electron chi connectivity index (χ3n) is 5.93. The van der Waals surface area contributed by atoms with E-state index in [1.54, 1.807) is 0 Å². The van der Waals surface area contributed by atoms with Crippen LogP contribution in [-0.2, 0) is 9.31 Å². The molecule has 3 atom stereocenters. The molecule has 0 spiro atoms. The van der Waals surface area contributed by atoms with Crippen molar-refractivity contribution in [3.05, 3.63) is 11.5 Å². The molecule has 1 aliphatic carbocycles. The summed E-state index contributed by atoms with van der Waals surface area (Å²) in [6.45, 7) is 12.9. The number of hydrogen-bond donors (Lipinski definition) is 1. The Labute approximate surface area is 130 Å². The van der Waals surface area contributed by atoms with Crippen LogP contribution in [0.4, 0.5) is 0 Å². The molecule has 1 fully saturated rings. The fourth-order valence-corrected chi connectivity index (χ4v) is 3.28. The lowest BCUT2D eigenvalue weighted by Gasteiger charge is -2.32. The van der Waals surface area contributed by atoms with Crippen molar-refractivity contribution in [2.24, 2.45) is 17.6 Å². The van der Waals surface area contributed by atoms with Gasteiger partial charge in [0.25, 0.3) is 0 Å². The van der Waals surface area contributed by atoms with Gasteiger partial charge in [0, 0.05) is 6.04 Å². The maximum atomic E-state index is 6.21. The number of nitrogens with two attached hydrogens (primary N) is 1. The molecule has 1 aliphatic heterocycles. The van der Waals surface area contributed by atoms with E-state index in [0.29, 0.717) is 17.9 Å². The quantitative estimate of drug-likeness (QED) is 0.803. The highest BCUT2D eigenvalue weighted by Crippen LogP contribution is 2.41. The molecule has 0 radical (unpaired) electrons. The number of hydrogen-bond acceptors (Lipinski definition) is 3. The fourth-order valence-electron chi connectivity index (χ4n) is 3.28. The molecule has 0 aromatic carbocycles. The van der Waals surface area contributed by atoms with Crippen LogP contribution in [0.3, 0.4) is 0 Å². The van der Waals surface area contributed by atoms with E-state index in [-0.39, 0.29) is 18.3 Å². The van der Waals surface area contributed by atoms with E-state index >= 15 is 0 Å². The molecule has 0 aromatic rings. The van der Waals surface area contributed by atoms with E-state index in [4.69, 9.17) is 15.0 Å². The second kappa shape index (κ2) is 6.06. The van der Waals surface area contributed by atoms with Crippen LogP contribution >= 0.6 is 0 Å². The zero-order valence-corrected chi connectivity index (χ0v) is 14.6. The molecule has 0 bridgehead atoms. The molecular formula is C17H32BNO2. The molecule has 2 aliphatic rings. The van der Waals surface area contributed by atoms with E-state index in [9.17, 15) is 0 Å². The van der Waals surface area contributed by atoms with Gasteiger partial charge in [-0.2, -0.15) is 0 Å². The Bertz CT molecular complexity index is 390. The summed E-state index contributed by atoms with van der Waals surface area (Å²) >= 11 is 0. The fraction of sp³-hybridized carbons (Fsp3) is 0.882. The van der Waals surface area contributed by atoms with Crippen LogP contribution in [0.1, 0.15) is 67.2 Å². The predicted octanol–water partition coefficient (Wildman–Crippen LogP) is 3.72. The molecule has 2 N–H and O–H groups in total. The molecular weight excluding hydrogens is 261 g/mol. The molecule has 0 amide bonds. The smallest absolute Gasteiger partial charge is 0.400 e. The molecule has 2 rings (SSSR count). The maximum absolute atomic E-state index is 6.21. The highest BCUT2D eigenvalue weighted by Gasteiger charge is 2.52. The summed E-state index contributed by atoms with van der Waals surface area (Å²) in [5.41, 5.74) is 7.04. The number of allylic oxidation sites excluding steroid dienone is 2. The Morgan fingerprint density at radius 1 is 1.29 bits per heavy atom. The first-order valence-corrected chi connectivity index (χ1v) is 8.48. The van der Waals surface area contributed by atoms with Gasteiger partial charge in [0.05, 0.1) is 11.2 Å². The van der Waals surface area contributed by atoms with Gasteiger partial charge < -0.3 is 15.0 Å². The summed E-state index contributed by atoms with van der Waals surface area (Å²) in [5.74, 6) is 1.29. The molecule has 120 valence electrons. The highest BCUT2D eigenvalue weighted by molar-refractivity contribution is 6.54. The maximum Gasteiger partial charge on any atom is 0.490 e. The lowest BCUT2D eigenvalue weighted by molar-refractivity contribution is 0.00578. The zero-order valence-electron chi connectivity index (χ0n) is 14.6. The highest BCUT2D eigenvalue weighted by atomic mass is 16.7. The standard InChI is InChI=1S/C17H32BNO2/c1-7-15(19)12(2)13-8-10-14(11-9-13)18-20-16(3,4)17(5,6)21-18/h10,12-13,15H,7-9,11,19H2,1-6H3. The van der Waals surface area contributed by atoms with Crippen molar-refractivity contribution in [2.45, 2.75) is 84.5 Å². The summed E-state index contributed by atoms with van der Waals surface area (Å²) < 4.78 is 12.3. The molecule has 4 heteroatoms. The van der Waals surface area contributed by atoms with Crippen LogP contribution in [0.5, 0.6) is 0 Å². The average molecular weight is 293 g/mol. The predicted molar refractivity (Wildman–Crippen MR) is 88.9 cm³/mol. The summed E-state index contributed by atoms with van der Waals surface area (Å²) in [6, 6.07) is 0.321. The Kier molecular flexibility index (Phi) is 4.92. The first-order valence-electron chi connectivity index (χ1n) is 8.48. The van der Waals surface area contributed by atoms with Crippen molar-refractivity contribution in [2.75, 3.05) is 0 Å². The van der Waals surface area contributed by atoms with Crippen LogP contribution < -0.4 is 5.73 Å². The van der Waals surface area contributed by atoms with Crippen LogP contribution in [-0.4, -0.2) is 24.4 Å². The lowest BCUT2D eigenvalue weighted by Crippen LogP contribution is -2.41. The van der Waals surface area contributed by atoms with E-state index in [2.05, 4.69) is 47.6 Å². The van der Waals surface area contributed by atoms with Gasteiger partial charge in [0.2, 0.25) is 0 Å². The minimum Gasteiger partial charge on any atom is -0.400 e. The third kappa shape index (κ3) is 3.38. The van der Waals surface area contributed by atoms with Gasteiger partial charge in [0.1, 0.15) is 0 Å². The monoisotopic (exact) mass is 293 g/mol. The van der Waals surface area contributed by atoms with Crippen molar-refractivity contribution >= 4 is 7.12 Å². The molecule has 1 heterocycles. The number of rotatable bonds is 4. The van der Waals surface area contributed by atoms with E-state index in [1.807, 2.05) is 0 Å². The van der Waals surface area contributed by atoms with E-state index in [1.165, 1.54) is 11.9 Å². The van der Waals surface area contributed by atoms with Crippen LogP contribution in [0.25, 0.3) is 0 Å². The molecule has 0 saturated carbocycles. The van der Waals surface area contributed by atoms with Crippen molar-refractivity contribution in [3.8, 4) is 0 Å². The first-order chi connectivity index (χ1) is 9.68. The Balaban J connectivity index is 1.98. The van der Waals surface area contributed by atoms with E-state index < -0.39 is 0 Å².